The van der Waals surface area contributed by atoms with Gasteiger partial charge < -0.3 is 5.32 Å². The second-order valence-corrected chi connectivity index (χ2v) is 3.42. The first-order chi connectivity index (χ1) is 8.25. The van der Waals surface area contributed by atoms with E-state index in [-0.39, 0.29) is 5.69 Å². The second kappa shape index (κ2) is 5.06. The van der Waals surface area contributed by atoms with Crippen molar-refractivity contribution in [1.29, 1.82) is 0 Å². The lowest BCUT2D eigenvalue weighted by Crippen LogP contribution is -2.06. The number of nitrogens with zero attached hydrogens (tertiary/aromatic N) is 3. The molecule has 7 heteroatoms. The zero-order valence-electron chi connectivity index (χ0n) is 8.96. The van der Waals surface area contributed by atoms with Gasteiger partial charge in [0.05, 0.1) is 4.92 Å². The van der Waals surface area contributed by atoms with Crippen molar-refractivity contribution in [2.24, 2.45) is 0 Å². The van der Waals surface area contributed by atoms with Crippen LogP contribution in [0.25, 0.3) is 0 Å². The highest BCUT2D eigenvalue weighted by atomic mass is 16.6. The Morgan fingerprint density at radius 2 is 2.35 bits per heavy atom. The van der Waals surface area contributed by atoms with Crippen molar-refractivity contribution in [1.82, 2.24) is 15.2 Å². The molecule has 0 aliphatic heterocycles. The molecule has 7 nitrogen and oxygen atoms in total. The Kier molecular flexibility index (Phi) is 3.29. The summed E-state index contributed by atoms with van der Waals surface area (Å²) in [5.74, 6) is 0.780. The van der Waals surface area contributed by atoms with E-state index < -0.39 is 4.92 Å². The molecule has 1 heterocycles. The molecular formula is C10H11N5O2. The lowest BCUT2D eigenvalue weighted by molar-refractivity contribution is -0.384. The van der Waals surface area contributed by atoms with Crippen LogP contribution in [0.4, 0.5) is 11.4 Å². The molecule has 1 aromatic carbocycles. The maximum absolute atomic E-state index is 10.6. The maximum Gasteiger partial charge on any atom is 0.271 e. The summed E-state index contributed by atoms with van der Waals surface area (Å²) < 4.78 is 0. The highest BCUT2D eigenvalue weighted by molar-refractivity contribution is 5.50. The largest absolute Gasteiger partial charge is 0.384 e. The van der Waals surface area contributed by atoms with Gasteiger partial charge in [-0.15, -0.1) is 0 Å². The van der Waals surface area contributed by atoms with E-state index in [1.165, 1.54) is 18.5 Å². The third-order valence-corrected chi connectivity index (χ3v) is 2.21. The minimum atomic E-state index is -0.415. The van der Waals surface area contributed by atoms with Gasteiger partial charge in [-0.25, -0.2) is 4.98 Å². The highest BCUT2D eigenvalue weighted by Gasteiger charge is 2.05. The van der Waals surface area contributed by atoms with E-state index in [9.17, 15) is 10.1 Å². The Morgan fingerprint density at radius 3 is 3.06 bits per heavy atom. The number of H-pyrrole nitrogens is 1. The molecule has 0 aliphatic carbocycles. The van der Waals surface area contributed by atoms with Crippen LogP contribution in [0.5, 0.6) is 0 Å². The van der Waals surface area contributed by atoms with Crippen LogP contribution < -0.4 is 5.32 Å². The molecule has 2 rings (SSSR count). The van der Waals surface area contributed by atoms with Crippen LogP contribution in [0.15, 0.2) is 30.6 Å². The first kappa shape index (κ1) is 11.1. The molecule has 0 bridgehead atoms. The van der Waals surface area contributed by atoms with Crippen molar-refractivity contribution >= 4 is 11.4 Å². The fourth-order valence-electron chi connectivity index (χ4n) is 1.41. The van der Waals surface area contributed by atoms with Gasteiger partial charge in [0.25, 0.3) is 5.69 Å². The van der Waals surface area contributed by atoms with Crippen LogP contribution in [0.2, 0.25) is 0 Å². The number of nitro groups is 1. The van der Waals surface area contributed by atoms with Gasteiger partial charge in [0, 0.05) is 30.8 Å². The van der Waals surface area contributed by atoms with E-state index in [1.54, 1.807) is 12.1 Å². The minimum Gasteiger partial charge on any atom is -0.384 e. The molecular weight excluding hydrogens is 222 g/mol. The standard InChI is InChI=1S/C10H11N5O2/c16-15(17)9-3-1-2-8(6-9)11-5-4-10-12-7-13-14-10/h1-3,6-7,11H,4-5H2,(H,12,13,14). The van der Waals surface area contributed by atoms with Gasteiger partial charge in [-0.1, -0.05) is 6.07 Å². The van der Waals surface area contributed by atoms with Crippen LogP contribution >= 0.6 is 0 Å². The molecule has 88 valence electrons. The van der Waals surface area contributed by atoms with Crippen molar-refractivity contribution in [3.8, 4) is 0 Å². The van der Waals surface area contributed by atoms with E-state index >= 15 is 0 Å². The lowest BCUT2D eigenvalue weighted by Gasteiger charge is -2.04. The average molecular weight is 233 g/mol. The van der Waals surface area contributed by atoms with E-state index in [1.807, 2.05) is 0 Å². The van der Waals surface area contributed by atoms with E-state index in [4.69, 9.17) is 0 Å². The molecule has 0 saturated heterocycles. The molecule has 2 aromatic rings. The average Bonchev–Trinajstić information content (AvgIpc) is 2.82. The Labute approximate surface area is 97.0 Å². The fourth-order valence-corrected chi connectivity index (χ4v) is 1.41. The van der Waals surface area contributed by atoms with Gasteiger partial charge >= 0.3 is 0 Å². The molecule has 0 aliphatic rings. The molecule has 17 heavy (non-hydrogen) atoms. The van der Waals surface area contributed by atoms with Crippen molar-refractivity contribution in [3.05, 3.63) is 46.5 Å². The number of non-ortho nitro benzene ring substituents is 1. The van der Waals surface area contributed by atoms with Crippen molar-refractivity contribution < 1.29 is 4.92 Å². The molecule has 0 saturated carbocycles. The third-order valence-electron chi connectivity index (χ3n) is 2.21. The summed E-state index contributed by atoms with van der Waals surface area (Å²) in [6.07, 6.45) is 2.13. The van der Waals surface area contributed by atoms with Crippen molar-refractivity contribution in [2.45, 2.75) is 6.42 Å². The third kappa shape index (κ3) is 3.00. The Bertz CT molecular complexity index is 497. The van der Waals surface area contributed by atoms with E-state index in [0.717, 1.165) is 11.5 Å². The number of nitro benzene ring substituents is 1. The SMILES string of the molecule is O=[N+]([O-])c1cccc(NCCc2ncn[nH]2)c1. The number of hydrogen-bond acceptors (Lipinski definition) is 5. The molecule has 0 amide bonds. The maximum atomic E-state index is 10.6. The smallest absolute Gasteiger partial charge is 0.271 e. The summed E-state index contributed by atoms with van der Waals surface area (Å²) in [5, 5.41) is 20.1. The minimum absolute atomic E-state index is 0.0784. The summed E-state index contributed by atoms with van der Waals surface area (Å²) in [6, 6.07) is 6.39. The van der Waals surface area contributed by atoms with Gasteiger partial charge in [-0.3, -0.25) is 15.2 Å². The Balaban J connectivity index is 1.90. The molecule has 0 radical (unpaired) electrons. The lowest BCUT2D eigenvalue weighted by atomic mass is 10.2. The number of hydrogen-bond donors (Lipinski definition) is 2. The monoisotopic (exact) mass is 233 g/mol. The number of aromatic amines is 1. The summed E-state index contributed by atoms with van der Waals surface area (Å²) in [7, 11) is 0. The van der Waals surface area contributed by atoms with Gasteiger partial charge in [0.15, 0.2) is 0 Å². The summed E-state index contributed by atoms with van der Waals surface area (Å²) >= 11 is 0. The van der Waals surface area contributed by atoms with E-state index in [0.29, 0.717) is 13.0 Å². The number of anilines is 1. The predicted octanol–water partition coefficient (Wildman–Crippen LogP) is 1.37. The van der Waals surface area contributed by atoms with Crippen molar-refractivity contribution in [3.63, 3.8) is 0 Å². The van der Waals surface area contributed by atoms with Gasteiger partial charge in [-0.2, -0.15) is 5.10 Å². The zero-order valence-corrected chi connectivity index (χ0v) is 8.96. The van der Waals surface area contributed by atoms with Crippen LogP contribution in [0.1, 0.15) is 5.82 Å². The second-order valence-electron chi connectivity index (χ2n) is 3.42. The Morgan fingerprint density at radius 1 is 1.47 bits per heavy atom. The molecule has 0 spiro atoms. The zero-order chi connectivity index (χ0) is 12.1. The molecule has 0 fully saturated rings. The number of aromatic nitrogens is 3. The van der Waals surface area contributed by atoms with E-state index in [2.05, 4.69) is 20.5 Å². The van der Waals surface area contributed by atoms with Crippen LogP contribution in [0, 0.1) is 10.1 Å². The summed E-state index contributed by atoms with van der Waals surface area (Å²) in [4.78, 5) is 14.1. The fraction of sp³-hybridized carbons (Fsp3) is 0.200. The normalized spacial score (nSPS) is 10.1. The number of nitrogens with one attached hydrogen (secondary N) is 2. The molecule has 1 aromatic heterocycles. The Hall–Kier alpha value is -2.44. The molecule has 0 atom stereocenters. The molecule has 0 unspecified atom stereocenters. The highest BCUT2D eigenvalue weighted by Crippen LogP contribution is 2.16. The van der Waals surface area contributed by atoms with Crippen LogP contribution in [-0.4, -0.2) is 26.6 Å². The number of rotatable bonds is 5. The van der Waals surface area contributed by atoms with Crippen LogP contribution in [-0.2, 0) is 6.42 Å². The summed E-state index contributed by atoms with van der Waals surface area (Å²) in [6.45, 7) is 0.635. The van der Waals surface area contributed by atoms with Crippen LogP contribution in [0.3, 0.4) is 0 Å². The quantitative estimate of drug-likeness (QED) is 0.600. The first-order valence-electron chi connectivity index (χ1n) is 5.08. The van der Waals surface area contributed by atoms with Gasteiger partial charge in [0.1, 0.15) is 12.2 Å². The van der Waals surface area contributed by atoms with Gasteiger partial charge in [0.2, 0.25) is 0 Å². The summed E-state index contributed by atoms with van der Waals surface area (Å²) in [5.41, 5.74) is 0.799. The molecule has 2 N–H and O–H groups in total. The van der Waals surface area contributed by atoms with Gasteiger partial charge in [-0.05, 0) is 6.07 Å². The topological polar surface area (TPSA) is 96.7 Å². The van der Waals surface area contributed by atoms with Crippen molar-refractivity contribution in [2.75, 3.05) is 11.9 Å². The first-order valence-corrected chi connectivity index (χ1v) is 5.08. The predicted molar refractivity (Wildman–Crippen MR) is 61.7 cm³/mol. The number of benzene rings is 1.